The Kier molecular flexibility index (Phi) is 4.60. The Labute approximate surface area is 138 Å². The molecule has 124 valence electrons. The number of aromatic nitrogens is 1. The van der Waals surface area contributed by atoms with Gasteiger partial charge in [0, 0.05) is 12.7 Å². The van der Waals surface area contributed by atoms with Gasteiger partial charge >= 0.3 is 5.97 Å². The number of aromatic amines is 1. The van der Waals surface area contributed by atoms with Gasteiger partial charge in [0.15, 0.2) is 13.2 Å². The van der Waals surface area contributed by atoms with Crippen LogP contribution in [0.2, 0.25) is 0 Å². The van der Waals surface area contributed by atoms with Crippen molar-refractivity contribution in [1.29, 1.82) is 0 Å². The first-order chi connectivity index (χ1) is 11.6. The van der Waals surface area contributed by atoms with Gasteiger partial charge in [-0.25, -0.2) is 0 Å². The second-order valence-electron chi connectivity index (χ2n) is 5.22. The summed E-state index contributed by atoms with van der Waals surface area (Å²) in [6, 6.07) is 10.4. The molecule has 0 saturated carbocycles. The van der Waals surface area contributed by atoms with Gasteiger partial charge < -0.3 is 19.4 Å². The molecular weight excluding hydrogens is 312 g/mol. The Morgan fingerprint density at radius 1 is 1.21 bits per heavy atom. The molecule has 0 spiro atoms. The number of para-hydroxylation sites is 2. The van der Waals surface area contributed by atoms with Crippen LogP contribution >= 0.6 is 0 Å². The van der Waals surface area contributed by atoms with Gasteiger partial charge in [-0.3, -0.25) is 14.4 Å². The number of hydrogen-bond acceptors (Lipinski definition) is 5. The molecule has 3 rings (SSSR count). The monoisotopic (exact) mass is 328 g/mol. The summed E-state index contributed by atoms with van der Waals surface area (Å²) in [7, 11) is 0. The fourth-order valence-corrected chi connectivity index (χ4v) is 2.40. The van der Waals surface area contributed by atoms with Crippen molar-refractivity contribution in [2.45, 2.75) is 6.42 Å². The van der Waals surface area contributed by atoms with Gasteiger partial charge in [0.05, 0.1) is 17.8 Å². The third kappa shape index (κ3) is 3.45. The highest BCUT2D eigenvalue weighted by Gasteiger charge is 2.25. The molecule has 24 heavy (non-hydrogen) atoms. The van der Waals surface area contributed by atoms with Crippen molar-refractivity contribution >= 4 is 23.3 Å². The number of amides is 1. The summed E-state index contributed by atoms with van der Waals surface area (Å²) >= 11 is 0. The third-order valence-electron chi connectivity index (χ3n) is 3.61. The zero-order valence-electron chi connectivity index (χ0n) is 12.9. The number of esters is 1. The van der Waals surface area contributed by atoms with E-state index in [0.717, 1.165) is 0 Å². The minimum absolute atomic E-state index is 0.00190. The predicted octanol–water partition coefficient (Wildman–Crippen LogP) is 1.56. The summed E-state index contributed by atoms with van der Waals surface area (Å²) < 4.78 is 10.3. The first-order valence-electron chi connectivity index (χ1n) is 7.49. The average molecular weight is 328 g/mol. The van der Waals surface area contributed by atoms with Gasteiger partial charge in [-0.2, -0.15) is 0 Å². The van der Waals surface area contributed by atoms with E-state index in [9.17, 15) is 14.4 Å². The lowest BCUT2D eigenvalue weighted by molar-refractivity contribution is -0.142. The normalized spacial score (nSPS) is 13.2. The number of ketones is 1. The highest BCUT2D eigenvalue weighted by atomic mass is 16.5. The second-order valence-corrected chi connectivity index (χ2v) is 5.22. The molecule has 1 N–H and O–H groups in total. The maximum Gasteiger partial charge on any atom is 0.308 e. The number of Topliss-reactive ketones (excluding diaryl/α,β-unsaturated/α-hetero) is 1. The van der Waals surface area contributed by atoms with E-state index in [-0.39, 0.29) is 37.9 Å². The first-order valence-corrected chi connectivity index (χ1v) is 7.49. The molecule has 0 atom stereocenters. The van der Waals surface area contributed by atoms with Crippen LogP contribution in [0.25, 0.3) is 0 Å². The number of fused-ring (bicyclic) bond motifs is 1. The Morgan fingerprint density at radius 2 is 2.04 bits per heavy atom. The molecule has 0 fully saturated rings. The van der Waals surface area contributed by atoms with Crippen LogP contribution in [0.15, 0.2) is 42.6 Å². The summed E-state index contributed by atoms with van der Waals surface area (Å²) in [4.78, 5) is 39.8. The maximum atomic E-state index is 12.0. The molecule has 2 aromatic rings. The average Bonchev–Trinajstić information content (AvgIpc) is 3.13. The van der Waals surface area contributed by atoms with Gasteiger partial charge in [-0.1, -0.05) is 12.1 Å². The number of rotatable bonds is 6. The van der Waals surface area contributed by atoms with E-state index in [1.165, 1.54) is 4.90 Å². The molecular formula is C17H16N2O5. The highest BCUT2D eigenvalue weighted by molar-refractivity contribution is 5.98. The number of ether oxygens (including phenoxy) is 2. The summed E-state index contributed by atoms with van der Waals surface area (Å²) in [5.41, 5.74) is 1.02. The molecule has 0 radical (unpaired) electrons. The van der Waals surface area contributed by atoms with Crippen LogP contribution in [0.5, 0.6) is 5.75 Å². The Hall–Kier alpha value is -3.09. The van der Waals surface area contributed by atoms with E-state index in [4.69, 9.17) is 9.47 Å². The van der Waals surface area contributed by atoms with Crippen LogP contribution in [0.3, 0.4) is 0 Å². The number of H-pyrrole nitrogens is 1. The van der Waals surface area contributed by atoms with Crippen LogP contribution in [-0.2, 0) is 14.3 Å². The van der Waals surface area contributed by atoms with Crippen molar-refractivity contribution in [1.82, 2.24) is 4.98 Å². The minimum Gasteiger partial charge on any atom is -0.482 e. The molecule has 0 bridgehead atoms. The van der Waals surface area contributed by atoms with Crippen molar-refractivity contribution < 1.29 is 23.9 Å². The number of benzene rings is 1. The summed E-state index contributed by atoms with van der Waals surface area (Å²) in [5, 5.41) is 0. The van der Waals surface area contributed by atoms with E-state index in [0.29, 0.717) is 17.1 Å². The molecule has 7 heteroatoms. The fraction of sp³-hybridized carbons (Fsp3) is 0.235. The molecule has 1 aromatic heterocycles. The molecule has 1 aliphatic rings. The van der Waals surface area contributed by atoms with Crippen molar-refractivity contribution in [2.75, 3.05) is 24.7 Å². The van der Waals surface area contributed by atoms with Crippen LogP contribution in [0, 0.1) is 0 Å². The van der Waals surface area contributed by atoms with E-state index in [1.54, 1.807) is 36.5 Å². The zero-order chi connectivity index (χ0) is 16.9. The Bertz CT molecular complexity index is 754. The number of nitrogens with zero attached hydrogens (tertiary/aromatic N) is 1. The van der Waals surface area contributed by atoms with Gasteiger partial charge in [-0.05, 0) is 24.3 Å². The quantitative estimate of drug-likeness (QED) is 0.642. The van der Waals surface area contributed by atoms with Crippen molar-refractivity contribution in [2.24, 2.45) is 0 Å². The standard InChI is InChI=1S/C17H16N2O5/c20-14(12-4-3-8-18-12)10-24-17(22)7-9-19-13-5-1-2-6-15(13)23-11-16(19)21/h1-6,8,18H,7,9-11H2. The second kappa shape index (κ2) is 6.99. The fourth-order valence-electron chi connectivity index (χ4n) is 2.40. The number of anilines is 1. The maximum absolute atomic E-state index is 12.0. The van der Waals surface area contributed by atoms with Gasteiger partial charge in [0.25, 0.3) is 5.91 Å². The van der Waals surface area contributed by atoms with Crippen molar-refractivity contribution in [3.63, 3.8) is 0 Å². The minimum atomic E-state index is -0.535. The Morgan fingerprint density at radius 3 is 2.83 bits per heavy atom. The topological polar surface area (TPSA) is 88.7 Å². The molecule has 0 aliphatic carbocycles. The lowest BCUT2D eigenvalue weighted by Crippen LogP contribution is -2.40. The third-order valence-corrected chi connectivity index (χ3v) is 3.61. The number of carbonyl (C=O) groups is 3. The van der Waals surface area contributed by atoms with Crippen LogP contribution in [0.4, 0.5) is 5.69 Å². The summed E-state index contributed by atoms with van der Waals surface area (Å²) in [6.07, 6.45) is 1.62. The van der Waals surface area contributed by atoms with E-state index < -0.39 is 5.97 Å². The van der Waals surface area contributed by atoms with Gasteiger partial charge in [0.1, 0.15) is 5.75 Å². The van der Waals surface area contributed by atoms with Crippen LogP contribution in [0.1, 0.15) is 16.9 Å². The van der Waals surface area contributed by atoms with Crippen LogP contribution < -0.4 is 9.64 Å². The lowest BCUT2D eigenvalue weighted by Gasteiger charge is -2.28. The molecule has 0 unspecified atom stereocenters. The molecule has 1 aliphatic heterocycles. The molecule has 7 nitrogen and oxygen atoms in total. The molecule has 1 amide bonds. The van der Waals surface area contributed by atoms with Crippen LogP contribution in [-0.4, -0.2) is 42.4 Å². The smallest absolute Gasteiger partial charge is 0.308 e. The van der Waals surface area contributed by atoms with Gasteiger partial charge in [-0.15, -0.1) is 0 Å². The Balaban J connectivity index is 1.53. The predicted molar refractivity (Wildman–Crippen MR) is 85.0 cm³/mol. The zero-order valence-corrected chi connectivity index (χ0v) is 12.9. The summed E-state index contributed by atoms with van der Waals surface area (Å²) in [6.45, 7) is -0.209. The van der Waals surface area contributed by atoms with E-state index >= 15 is 0 Å². The van der Waals surface area contributed by atoms with E-state index in [1.807, 2.05) is 6.07 Å². The first kappa shape index (κ1) is 15.8. The van der Waals surface area contributed by atoms with Crippen molar-refractivity contribution in [3.05, 3.63) is 48.3 Å². The lowest BCUT2D eigenvalue weighted by atomic mass is 10.2. The largest absolute Gasteiger partial charge is 0.482 e. The number of carbonyl (C=O) groups excluding carboxylic acids is 3. The summed E-state index contributed by atoms with van der Waals surface area (Å²) in [5.74, 6) is -0.454. The SMILES string of the molecule is O=C(CCN1C(=O)COc2ccccc21)OCC(=O)c1ccc[nH]1. The van der Waals surface area contributed by atoms with Gasteiger partial charge in [0.2, 0.25) is 5.78 Å². The molecule has 0 saturated heterocycles. The number of hydrogen-bond donors (Lipinski definition) is 1. The highest BCUT2D eigenvalue weighted by Crippen LogP contribution is 2.31. The molecule has 2 heterocycles. The molecule has 1 aromatic carbocycles. The van der Waals surface area contributed by atoms with E-state index in [2.05, 4.69) is 4.98 Å². The number of nitrogens with one attached hydrogen (secondary N) is 1. The van der Waals surface area contributed by atoms with Crippen molar-refractivity contribution in [3.8, 4) is 5.75 Å².